The third kappa shape index (κ3) is 5.81. The van der Waals surface area contributed by atoms with Crippen LogP contribution in [0.25, 0.3) is 0 Å². The van der Waals surface area contributed by atoms with Crippen molar-refractivity contribution < 1.29 is 13.2 Å². The molecule has 1 fully saturated rings. The molecule has 0 aromatic heterocycles. The Hall–Kier alpha value is -0.170. The molecule has 1 aliphatic rings. The van der Waals surface area contributed by atoms with Gasteiger partial charge in [-0.25, -0.2) is 13.1 Å². The minimum absolute atomic E-state index is 0.0510. The summed E-state index contributed by atoms with van der Waals surface area (Å²) in [6.45, 7) is 7.32. The Balaban J connectivity index is 2.28. The van der Waals surface area contributed by atoms with Crippen molar-refractivity contribution >= 4 is 10.0 Å². The standard InChI is InChI=1S/C11H24N2O3S/c1-3-16-6-7-17(14,15)13-9-11-8-12-5-4-10(11)2/h10-13H,3-9H2,1-2H3. The number of nitrogens with one attached hydrogen (secondary N) is 2. The number of hydrogen-bond donors (Lipinski definition) is 2. The van der Waals surface area contributed by atoms with Crippen LogP contribution in [0.15, 0.2) is 0 Å². The van der Waals surface area contributed by atoms with Crippen molar-refractivity contribution in [1.29, 1.82) is 0 Å². The molecule has 102 valence electrons. The van der Waals surface area contributed by atoms with Crippen molar-refractivity contribution in [2.45, 2.75) is 20.3 Å². The summed E-state index contributed by atoms with van der Waals surface area (Å²) in [4.78, 5) is 0. The molecule has 0 radical (unpaired) electrons. The van der Waals surface area contributed by atoms with Crippen LogP contribution in [-0.2, 0) is 14.8 Å². The molecule has 0 saturated carbocycles. The molecule has 0 aliphatic carbocycles. The molecule has 1 aliphatic heterocycles. The van der Waals surface area contributed by atoms with E-state index in [4.69, 9.17) is 4.74 Å². The lowest BCUT2D eigenvalue weighted by Gasteiger charge is -2.29. The van der Waals surface area contributed by atoms with E-state index in [1.165, 1.54) is 0 Å². The molecule has 17 heavy (non-hydrogen) atoms. The molecule has 0 amide bonds. The molecule has 2 N–H and O–H groups in total. The lowest BCUT2D eigenvalue weighted by molar-refractivity contribution is 0.163. The predicted molar refractivity (Wildman–Crippen MR) is 68.4 cm³/mol. The van der Waals surface area contributed by atoms with Gasteiger partial charge in [-0.15, -0.1) is 0 Å². The second-order valence-corrected chi connectivity index (χ2v) is 6.52. The maximum absolute atomic E-state index is 11.6. The molecule has 2 atom stereocenters. The third-order valence-corrected chi connectivity index (χ3v) is 4.56. The summed E-state index contributed by atoms with van der Waals surface area (Å²) in [6.07, 6.45) is 1.12. The quantitative estimate of drug-likeness (QED) is 0.644. The van der Waals surface area contributed by atoms with Crippen molar-refractivity contribution in [3.63, 3.8) is 0 Å². The number of sulfonamides is 1. The highest BCUT2D eigenvalue weighted by Gasteiger charge is 2.22. The maximum Gasteiger partial charge on any atom is 0.213 e. The summed E-state index contributed by atoms with van der Waals surface area (Å²) in [7, 11) is -3.18. The smallest absolute Gasteiger partial charge is 0.213 e. The van der Waals surface area contributed by atoms with Crippen molar-refractivity contribution in [2.24, 2.45) is 11.8 Å². The monoisotopic (exact) mass is 264 g/mol. The first-order valence-corrected chi connectivity index (χ1v) is 7.96. The molecule has 0 spiro atoms. The fourth-order valence-electron chi connectivity index (χ4n) is 1.95. The molecular formula is C11H24N2O3S. The molecule has 0 aromatic rings. The van der Waals surface area contributed by atoms with E-state index in [-0.39, 0.29) is 12.4 Å². The lowest BCUT2D eigenvalue weighted by Crippen LogP contribution is -2.42. The van der Waals surface area contributed by atoms with E-state index in [1.54, 1.807) is 0 Å². The van der Waals surface area contributed by atoms with Crippen LogP contribution in [0, 0.1) is 11.8 Å². The highest BCUT2D eigenvalue weighted by molar-refractivity contribution is 7.89. The lowest BCUT2D eigenvalue weighted by atomic mass is 9.88. The second-order valence-electron chi connectivity index (χ2n) is 4.59. The van der Waals surface area contributed by atoms with E-state index in [2.05, 4.69) is 17.0 Å². The van der Waals surface area contributed by atoms with Gasteiger partial charge in [0.25, 0.3) is 0 Å². The van der Waals surface area contributed by atoms with Crippen LogP contribution in [0.4, 0.5) is 0 Å². The van der Waals surface area contributed by atoms with E-state index >= 15 is 0 Å². The summed E-state index contributed by atoms with van der Waals surface area (Å²) < 4.78 is 31.0. The molecule has 1 heterocycles. The Kier molecular flexibility index (Phi) is 6.40. The zero-order valence-electron chi connectivity index (χ0n) is 10.7. The topological polar surface area (TPSA) is 67.4 Å². The highest BCUT2D eigenvalue weighted by Crippen LogP contribution is 2.17. The summed E-state index contributed by atoms with van der Waals surface area (Å²) in [5.74, 6) is 1.02. The normalized spacial score (nSPS) is 26.0. The Morgan fingerprint density at radius 2 is 2.24 bits per heavy atom. The number of ether oxygens (including phenoxy) is 1. The fourth-order valence-corrected chi connectivity index (χ4v) is 2.90. The minimum Gasteiger partial charge on any atom is -0.381 e. The van der Waals surface area contributed by atoms with Crippen LogP contribution in [-0.4, -0.2) is 47.0 Å². The molecule has 5 nitrogen and oxygen atoms in total. The van der Waals surface area contributed by atoms with Gasteiger partial charge in [0.1, 0.15) is 0 Å². The number of hydrogen-bond acceptors (Lipinski definition) is 4. The van der Waals surface area contributed by atoms with Gasteiger partial charge in [-0.3, -0.25) is 0 Å². The fraction of sp³-hybridized carbons (Fsp3) is 1.00. The van der Waals surface area contributed by atoms with E-state index in [0.717, 1.165) is 19.5 Å². The minimum atomic E-state index is -3.18. The van der Waals surface area contributed by atoms with Crippen molar-refractivity contribution in [1.82, 2.24) is 10.0 Å². The van der Waals surface area contributed by atoms with E-state index < -0.39 is 10.0 Å². The average molecular weight is 264 g/mol. The van der Waals surface area contributed by atoms with Gasteiger partial charge in [-0.05, 0) is 38.3 Å². The van der Waals surface area contributed by atoms with Gasteiger partial charge in [-0.1, -0.05) is 6.92 Å². The van der Waals surface area contributed by atoms with Crippen LogP contribution in [0.2, 0.25) is 0 Å². The zero-order chi connectivity index (χ0) is 12.7. The Labute approximate surface area is 104 Å². The highest BCUT2D eigenvalue weighted by atomic mass is 32.2. The first-order valence-electron chi connectivity index (χ1n) is 6.31. The summed E-state index contributed by atoms with van der Waals surface area (Å²) in [6, 6.07) is 0. The van der Waals surface area contributed by atoms with Gasteiger partial charge < -0.3 is 10.1 Å². The second kappa shape index (κ2) is 7.31. The van der Waals surface area contributed by atoms with Gasteiger partial charge in [0.2, 0.25) is 10.0 Å². The predicted octanol–water partition coefficient (Wildman–Crippen LogP) is 0.188. The molecule has 2 unspecified atom stereocenters. The molecule has 0 bridgehead atoms. The van der Waals surface area contributed by atoms with Crippen LogP contribution >= 0.6 is 0 Å². The summed E-state index contributed by atoms with van der Waals surface area (Å²) >= 11 is 0. The van der Waals surface area contributed by atoms with Crippen LogP contribution in [0.1, 0.15) is 20.3 Å². The summed E-state index contributed by atoms with van der Waals surface area (Å²) in [5, 5.41) is 3.29. The molecular weight excluding hydrogens is 240 g/mol. The van der Waals surface area contributed by atoms with Gasteiger partial charge in [-0.2, -0.15) is 0 Å². The van der Waals surface area contributed by atoms with Crippen molar-refractivity contribution in [3.8, 4) is 0 Å². The number of rotatable bonds is 7. The largest absolute Gasteiger partial charge is 0.381 e. The molecule has 1 saturated heterocycles. The number of piperidine rings is 1. The molecule has 0 aromatic carbocycles. The van der Waals surface area contributed by atoms with Crippen LogP contribution in [0.3, 0.4) is 0 Å². The Morgan fingerprint density at radius 1 is 1.47 bits per heavy atom. The zero-order valence-corrected chi connectivity index (χ0v) is 11.6. The van der Waals surface area contributed by atoms with Gasteiger partial charge >= 0.3 is 0 Å². The van der Waals surface area contributed by atoms with Crippen molar-refractivity contribution in [2.75, 3.05) is 38.6 Å². The SMILES string of the molecule is CCOCCS(=O)(=O)NCC1CNCCC1C. The van der Waals surface area contributed by atoms with Crippen LogP contribution < -0.4 is 10.0 Å². The van der Waals surface area contributed by atoms with E-state index in [0.29, 0.717) is 25.0 Å². The van der Waals surface area contributed by atoms with Gasteiger partial charge in [0.05, 0.1) is 12.4 Å². The van der Waals surface area contributed by atoms with Crippen LogP contribution in [0.5, 0.6) is 0 Å². The molecule has 1 rings (SSSR count). The van der Waals surface area contributed by atoms with Gasteiger partial charge in [0, 0.05) is 13.2 Å². The first-order chi connectivity index (χ1) is 8.05. The van der Waals surface area contributed by atoms with Crippen molar-refractivity contribution in [3.05, 3.63) is 0 Å². The third-order valence-electron chi connectivity index (χ3n) is 3.25. The van der Waals surface area contributed by atoms with Gasteiger partial charge in [0.15, 0.2) is 0 Å². The maximum atomic E-state index is 11.6. The Morgan fingerprint density at radius 3 is 2.88 bits per heavy atom. The van der Waals surface area contributed by atoms with E-state index in [1.807, 2.05) is 6.92 Å². The summed E-state index contributed by atoms with van der Waals surface area (Å²) in [5.41, 5.74) is 0. The molecule has 6 heteroatoms. The Bertz CT molecular complexity index is 306. The van der Waals surface area contributed by atoms with E-state index in [9.17, 15) is 8.42 Å². The average Bonchev–Trinajstić information content (AvgIpc) is 2.28. The first kappa shape index (κ1) is 14.9.